The molecule has 25 heavy (non-hydrogen) atoms. The number of rotatable bonds is 2. The van der Waals surface area contributed by atoms with Gasteiger partial charge in [0, 0.05) is 17.6 Å². The summed E-state index contributed by atoms with van der Waals surface area (Å²) in [6.45, 7) is 1.54. The van der Waals surface area contributed by atoms with Crippen molar-refractivity contribution in [3.8, 4) is 0 Å². The van der Waals surface area contributed by atoms with Gasteiger partial charge in [-0.05, 0) is 31.2 Å². The molecule has 3 rings (SSSR count). The molecule has 8 nitrogen and oxygen atoms in total. The number of aryl methyl sites for hydroxylation is 2. The molecule has 2 N–H and O–H groups in total. The van der Waals surface area contributed by atoms with E-state index in [4.69, 9.17) is 16.0 Å². The first-order chi connectivity index (χ1) is 11.9. The van der Waals surface area contributed by atoms with Crippen molar-refractivity contribution in [2.24, 2.45) is 7.05 Å². The number of amides is 2. The summed E-state index contributed by atoms with van der Waals surface area (Å²) in [7, 11) is 1.51. The molecule has 0 saturated carbocycles. The monoisotopic (exact) mass is 360 g/mol. The van der Waals surface area contributed by atoms with Crippen molar-refractivity contribution in [1.82, 2.24) is 20.4 Å². The highest BCUT2D eigenvalue weighted by Gasteiger charge is 2.22. The quantitative estimate of drug-likeness (QED) is 0.674. The molecule has 0 unspecified atom stereocenters. The van der Waals surface area contributed by atoms with E-state index in [1.54, 1.807) is 12.1 Å². The molecule has 0 atom stereocenters. The van der Waals surface area contributed by atoms with Crippen LogP contribution in [0, 0.1) is 6.92 Å². The van der Waals surface area contributed by atoms with Crippen LogP contribution in [0.2, 0.25) is 5.02 Å². The lowest BCUT2D eigenvalue weighted by molar-refractivity contribution is 0.0846. The van der Waals surface area contributed by atoms with Crippen LogP contribution in [0.4, 0.5) is 0 Å². The van der Waals surface area contributed by atoms with Gasteiger partial charge in [-0.3, -0.25) is 25.2 Å². The SMILES string of the molecule is Cc1oc2ncn(C)c(=O)c2c1C(=O)NNC(=O)c1ccc(Cl)cc1. The van der Waals surface area contributed by atoms with Gasteiger partial charge in [-0.25, -0.2) is 4.98 Å². The van der Waals surface area contributed by atoms with Gasteiger partial charge in [0.05, 0.1) is 5.56 Å². The predicted octanol–water partition coefficient (Wildman–Crippen LogP) is 1.56. The second-order valence-electron chi connectivity index (χ2n) is 5.29. The van der Waals surface area contributed by atoms with Crippen LogP contribution in [0.25, 0.3) is 11.1 Å². The molecule has 0 spiro atoms. The largest absolute Gasteiger partial charge is 0.442 e. The fourth-order valence-electron chi connectivity index (χ4n) is 2.31. The highest BCUT2D eigenvalue weighted by Crippen LogP contribution is 2.20. The minimum atomic E-state index is -0.677. The van der Waals surface area contributed by atoms with Crippen molar-refractivity contribution >= 4 is 34.5 Å². The average Bonchev–Trinajstić information content (AvgIpc) is 2.93. The molecule has 0 aliphatic carbocycles. The van der Waals surface area contributed by atoms with Gasteiger partial charge in [-0.15, -0.1) is 0 Å². The maximum absolute atomic E-state index is 12.4. The highest BCUT2D eigenvalue weighted by atomic mass is 35.5. The van der Waals surface area contributed by atoms with Gasteiger partial charge in [0.2, 0.25) is 5.71 Å². The van der Waals surface area contributed by atoms with Crippen molar-refractivity contribution in [2.45, 2.75) is 6.92 Å². The van der Waals surface area contributed by atoms with Gasteiger partial charge in [0.25, 0.3) is 17.4 Å². The van der Waals surface area contributed by atoms with E-state index >= 15 is 0 Å². The van der Waals surface area contributed by atoms with E-state index in [2.05, 4.69) is 15.8 Å². The molecule has 2 amide bonds. The first-order valence-corrected chi connectivity index (χ1v) is 7.57. The normalized spacial score (nSPS) is 10.7. The number of nitrogens with zero attached hydrogens (tertiary/aromatic N) is 2. The Balaban J connectivity index is 1.84. The van der Waals surface area contributed by atoms with E-state index in [1.807, 2.05) is 0 Å². The number of nitrogens with one attached hydrogen (secondary N) is 2. The van der Waals surface area contributed by atoms with Gasteiger partial charge in [0.1, 0.15) is 17.5 Å². The Morgan fingerprint density at radius 3 is 2.48 bits per heavy atom. The van der Waals surface area contributed by atoms with E-state index in [0.717, 1.165) is 0 Å². The first-order valence-electron chi connectivity index (χ1n) is 7.19. The van der Waals surface area contributed by atoms with Crippen LogP contribution in [-0.4, -0.2) is 21.4 Å². The summed E-state index contributed by atoms with van der Waals surface area (Å²) in [5, 5.41) is 0.546. The third-order valence-electron chi connectivity index (χ3n) is 3.57. The highest BCUT2D eigenvalue weighted by molar-refractivity contribution is 6.30. The lowest BCUT2D eigenvalue weighted by Crippen LogP contribution is -2.42. The predicted molar refractivity (Wildman–Crippen MR) is 90.4 cm³/mol. The topological polar surface area (TPSA) is 106 Å². The number of carbonyl (C=O) groups excluding carboxylic acids is 2. The Morgan fingerprint density at radius 2 is 1.80 bits per heavy atom. The van der Waals surface area contributed by atoms with E-state index in [-0.39, 0.29) is 22.4 Å². The van der Waals surface area contributed by atoms with Crippen molar-refractivity contribution in [2.75, 3.05) is 0 Å². The number of hydrogen-bond donors (Lipinski definition) is 2. The molecule has 0 aliphatic rings. The molecule has 1 aromatic carbocycles. The average molecular weight is 361 g/mol. The summed E-state index contributed by atoms with van der Waals surface area (Å²) in [5.41, 5.74) is 4.54. The maximum Gasteiger partial charge on any atom is 0.274 e. The zero-order valence-corrected chi connectivity index (χ0v) is 14.0. The summed E-state index contributed by atoms with van der Waals surface area (Å²) < 4.78 is 6.58. The smallest absolute Gasteiger partial charge is 0.274 e. The Morgan fingerprint density at radius 1 is 1.16 bits per heavy atom. The molecule has 0 radical (unpaired) electrons. The first kappa shape index (κ1) is 16.7. The Kier molecular flexibility index (Phi) is 4.28. The number of halogens is 1. The molecule has 0 bridgehead atoms. The Hall–Kier alpha value is -3.13. The molecule has 9 heteroatoms. The number of benzene rings is 1. The number of hydrazine groups is 1. The third-order valence-corrected chi connectivity index (χ3v) is 3.82. The second kappa shape index (κ2) is 6.40. The zero-order chi connectivity index (χ0) is 18.1. The number of hydrogen-bond acceptors (Lipinski definition) is 5. The number of carbonyl (C=O) groups is 2. The molecule has 0 saturated heterocycles. The fraction of sp³-hybridized carbons (Fsp3) is 0.125. The molecular formula is C16H13ClN4O4. The second-order valence-corrected chi connectivity index (χ2v) is 5.73. The summed E-state index contributed by atoms with van der Waals surface area (Å²) in [5.74, 6) is -0.978. The van der Waals surface area contributed by atoms with Crippen LogP contribution >= 0.6 is 11.6 Å². The Labute approximate surface area is 146 Å². The standard InChI is InChI=1S/C16H13ClN4O4/c1-8-11(12-15(25-8)18-7-21(2)16(12)24)14(23)20-19-13(22)9-3-5-10(17)6-4-9/h3-7H,1-2H3,(H,19,22)(H,20,23). The van der Waals surface area contributed by atoms with Crippen molar-refractivity contribution < 1.29 is 14.0 Å². The van der Waals surface area contributed by atoms with E-state index < -0.39 is 17.4 Å². The summed E-state index contributed by atoms with van der Waals surface area (Å²) in [4.78, 5) is 40.7. The molecule has 3 aromatic rings. The maximum atomic E-state index is 12.4. The molecule has 128 valence electrons. The molecule has 2 aromatic heterocycles. The van der Waals surface area contributed by atoms with Gasteiger partial charge in [-0.1, -0.05) is 11.6 Å². The van der Waals surface area contributed by atoms with Crippen LogP contribution in [0.3, 0.4) is 0 Å². The van der Waals surface area contributed by atoms with Crippen LogP contribution in [-0.2, 0) is 7.05 Å². The summed E-state index contributed by atoms with van der Waals surface area (Å²) in [6, 6.07) is 6.15. The lowest BCUT2D eigenvalue weighted by Gasteiger charge is -2.07. The number of aromatic nitrogens is 2. The molecule has 0 aliphatic heterocycles. The summed E-state index contributed by atoms with van der Waals surface area (Å²) in [6.07, 6.45) is 1.30. The number of fused-ring (bicyclic) bond motifs is 1. The van der Waals surface area contributed by atoms with Crippen LogP contribution in [0.1, 0.15) is 26.5 Å². The van der Waals surface area contributed by atoms with E-state index in [0.29, 0.717) is 10.6 Å². The van der Waals surface area contributed by atoms with Crippen molar-refractivity contribution in [1.29, 1.82) is 0 Å². The minimum Gasteiger partial charge on any atom is -0.442 e. The van der Waals surface area contributed by atoms with E-state index in [9.17, 15) is 14.4 Å². The number of furan rings is 1. The van der Waals surface area contributed by atoms with Crippen molar-refractivity contribution in [3.63, 3.8) is 0 Å². The van der Waals surface area contributed by atoms with Gasteiger partial charge < -0.3 is 8.98 Å². The third kappa shape index (κ3) is 3.11. The van der Waals surface area contributed by atoms with Crippen molar-refractivity contribution in [3.05, 3.63) is 62.9 Å². The van der Waals surface area contributed by atoms with Crippen LogP contribution in [0.15, 0.2) is 39.8 Å². The van der Waals surface area contributed by atoms with Gasteiger partial charge >= 0.3 is 0 Å². The summed E-state index contributed by atoms with van der Waals surface area (Å²) >= 11 is 5.76. The molecular weight excluding hydrogens is 348 g/mol. The van der Waals surface area contributed by atoms with Crippen LogP contribution in [0.5, 0.6) is 0 Å². The lowest BCUT2D eigenvalue weighted by atomic mass is 10.2. The molecule has 0 fully saturated rings. The van der Waals surface area contributed by atoms with Gasteiger partial charge in [-0.2, -0.15) is 0 Å². The zero-order valence-electron chi connectivity index (χ0n) is 13.3. The van der Waals surface area contributed by atoms with Crippen LogP contribution < -0.4 is 16.4 Å². The van der Waals surface area contributed by atoms with E-state index in [1.165, 1.54) is 37.0 Å². The fourth-order valence-corrected chi connectivity index (χ4v) is 2.44. The van der Waals surface area contributed by atoms with Gasteiger partial charge in [0.15, 0.2) is 0 Å². The minimum absolute atomic E-state index is 0.0279. The Bertz CT molecular complexity index is 1040. The molecule has 2 heterocycles.